The second-order valence-corrected chi connectivity index (χ2v) is 12.3. The number of benzene rings is 3. The van der Waals surface area contributed by atoms with Gasteiger partial charge in [-0.25, -0.2) is 12.8 Å². The fourth-order valence-corrected chi connectivity index (χ4v) is 6.87. The Morgan fingerprint density at radius 2 is 1.56 bits per heavy atom. The molecule has 0 spiro atoms. The van der Waals surface area contributed by atoms with Crippen LogP contribution in [0.4, 0.5) is 4.39 Å². The molecule has 0 unspecified atom stereocenters. The number of halogens is 1. The molecule has 11 heteroatoms. The van der Waals surface area contributed by atoms with Gasteiger partial charge in [-0.3, -0.25) is 9.59 Å². The second-order valence-electron chi connectivity index (χ2n) is 10.4. The Morgan fingerprint density at radius 3 is 2.14 bits per heavy atom. The second kappa shape index (κ2) is 14.5. The molecular weight excluding hydrogens is 573 g/mol. The first-order chi connectivity index (χ1) is 20.7. The van der Waals surface area contributed by atoms with Crippen molar-refractivity contribution in [1.29, 1.82) is 0 Å². The van der Waals surface area contributed by atoms with Gasteiger partial charge in [0.25, 0.3) is 5.91 Å². The minimum Gasteiger partial charge on any atom is -0.496 e. The zero-order chi connectivity index (χ0) is 31.0. The monoisotopic (exact) mass is 611 g/mol. The first kappa shape index (κ1) is 32.0. The van der Waals surface area contributed by atoms with Gasteiger partial charge >= 0.3 is 0 Å². The summed E-state index contributed by atoms with van der Waals surface area (Å²) in [4.78, 5) is 30.9. The number of nitrogens with zero attached hydrogens (tertiary/aromatic N) is 3. The Labute approximate surface area is 252 Å². The summed E-state index contributed by atoms with van der Waals surface area (Å²) in [5, 5.41) is 0. The van der Waals surface area contributed by atoms with Crippen LogP contribution >= 0.6 is 0 Å². The average Bonchev–Trinajstić information content (AvgIpc) is 3.03. The molecule has 4 rings (SSSR count). The molecule has 3 aromatic carbocycles. The lowest BCUT2D eigenvalue weighted by atomic mass is 10.0. The number of amides is 2. The van der Waals surface area contributed by atoms with E-state index in [1.165, 1.54) is 42.8 Å². The number of methoxy groups -OCH3 is 2. The minimum atomic E-state index is -3.92. The van der Waals surface area contributed by atoms with E-state index in [-0.39, 0.29) is 42.4 Å². The van der Waals surface area contributed by atoms with E-state index in [0.717, 1.165) is 0 Å². The molecule has 0 bridgehead atoms. The largest absolute Gasteiger partial charge is 0.496 e. The number of likely N-dealkylation sites (tertiary alicyclic amines) is 1. The summed E-state index contributed by atoms with van der Waals surface area (Å²) in [6.07, 6.45) is 1.45. The smallest absolute Gasteiger partial charge is 0.261 e. The normalized spacial score (nSPS) is 14.0. The summed E-state index contributed by atoms with van der Waals surface area (Å²) in [6.45, 7) is 2.51. The van der Waals surface area contributed by atoms with Gasteiger partial charge in [0.1, 0.15) is 22.9 Å². The lowest BCUT2D eigenvalue weighted by Gasteiger charge is -2.39. The molecule has 230 valence electrons. The van der Waals surface area contributed by atoms with Gasteiger partial charge in [0.05, 0.1) is 25.7 Å². The Bertz CT molecular complexity index is 1490. The van der Waals surface area contributed by atoms with E-state index >= 15 is 0 Å². The van der Waals surface area contributed by atoms with Crippen molar-refractivity contribution >= 4 is 21.8 Å². The number of rotatable bonds is 12. The van der Waals surface area contributed by atoms with Crippen LogP contribution < -0.4 is 9.47 Å². The van der Waals surface area contributed by atoms with Gasteiger partial charge in [-0.2, -0.15) is 4.31 Å². The maximum Gasteiger partial charge on any atom is 0.261 e. The van der Waals surface area contributed by atoms with Gasteiger partial charge in [-0.15, -0.1) is 0 Å². The minimum absolute atomic E-state index is 0.112. The molecular formula is C32H38FN3O6S. The van der Waals surface area contributed by atoms with E-state index in [1.807, 2.05) is 6.92 Å². The van der Waals surface area contributed by atoms with Gasteiger partial charge in [0, 0.05) is 32.2 Å². The van der Waals surface area contributed by atoms with E-state index in [4.69, 9.17) is 9.47 Å². The van der Waals surface area contributed by atoms with Crippen LogP contribution in [0, 0.1) is 5.82 Å². The Kier molecular flexibility index (Phi) is 10.8. The molecule has 1 fully saturated rings. The third-order valence-corrected chi connectivity index (χ3v) is 9.42. The van der Waals surface area contributed by atoms with Crippen LogP contribution in [0.5, 0.6) is 11.5 Å². The van der Waals surface area contributed by atoms with Crippen molar-refractivity contribution in [2.75, 3.05) is 40.4 Å². The third kappa shape index (κ3) is 7.52. The number of sulfonamides is 1. The summed E-state index contributed by atoms with van der Waals surface area (Å²) < 4.78 is 53.0. The predicted molar refractivity (Wildman–Crippen MR) is 161 cm³/mol. The predicted octanol–water partition coefficient (Wildman–Crippen LogP) is 4.58. The number of piperidine rings is 1. The third-order valence-electron chi connectivity index (χ3n) is 7.56. The van der Waals surface area contributed by atoms with Crippen LogP contribution in [0.1, 0.15) is 42.1 Å². The van der Waals surface area contributed by atoms with Crippen molar-refractivity contribution in [3.63, 3.8) is 0 Å². The molecule has 9 nitrogen and oxygen atoms in total. The number of hydrogen-bond donors (Lipinski definition) is 0. The topological polar surface area (TPSA) is 96.5 Å². The zero-order valence-corrected chi connectivity index (χ0v) is 25.6. The number of ether oxygens (including phenoxy) is 2. The highest BCUT2D eigenvalue weighted by molar-refractivity contribution is 7.89. The fourth-order valence-electron chi connectivity index (χ4n) is 5.37. The van der Waals surface area contributed by atoms with E-state index in [0.29, 0.717) is 55.0 Å². The van der Waals surface area contributed by atoms with Gasteiger partial charge in [-0.1, -0.05) is 43.3 Å². The van der Waals surface area contributed by atoms with Gasteiger partial charge < -0.3 is 19.3 Å². The van der Waals surface area contributed by atoms with Crippen LogP contribution in [0.25, 0.3) is 0 Å². The molecule has 0 N–H and O–H groups in total. The van der Waals surface area contributed by atoms with Crippen molar-refractivity contribution < 1.29 is 31.9 Å². The van der Waals surface area contributed by atoms with Crippen molar-refractivity contribution in [2.45, 2.75) is 43.7 Å². The Balaban J connectivity index is 1.56. The zero-order valence-electron chi connectivity index (χ0n) is 24.7. The average molecular weight is 612 g/mol. The first-order valence-electron chi connectivity index (χ1n) is 14.3. The van der Waals surface area contributed by atoms with E-state index in [2.05, 4.69) is 0 Å². The van der Waals surface area contributed by atoms with Crippen molar-refractivity contribution in [1.82, 2.24) is 14.1 Å². The van der Waals surface area contributed by atoms with Crippen molar-refractivity contribution in [2.24, 2.45) is 0 Å². The highest BCUT2D eigenvalue weighted by Gasteiger charge is 2.34. The Hall–Kier alpha value is -3.96. The SMILES string of the molecule is CCCN(CC(=O)N(Cc1cccc(F)c1)C1CCN(C(=O)c2c(OC)cccc2OC)CC1)S(=O)(=O)c1ccccc1. The molecule has 1 saturated heterocycles. The summed E-state index contributed by atoms with van der Waals surface area (Å²) in [5.41, 5.74) is 0.929. The van der Waals surface area contributed by atoms with Crippen LogP contribution in [0.15, 0.2) is 77.7 Å². The van der Waals surface area contributed by atoms with E-state index < -0.39 is 15.8 Å². The molecule has 1 aliphatic rings. The van der Waals surface area contributed by atoms with Crippen molar-refractivity contribution in [3.8, 4) is 11.5 Å². The highest BCUT2D eigenvalue weighted by atomic mass is 32.2. The summed E-state index contributed by atoms with van der Waals surface area (Å²) in [7, 11) is -0.930. The molecule has 1 aliphatic heterocycles. The van der Waals surface area contributed by atoms with Crippen LogP contribution in [-0.2, 0) is 21.4 Å². The lowest BCUT2D eigenvalue weighted by Crippen LogP contribution is -2.51. The van der Waals surface area contributed by atoms with Crippen LogP contribution in [-0.4, -0.2) is 80.8 Å². The first-order valence-corrected chi connectivity index (χ1v) is 15.7. The molecule has 43 heavy (non-hydrogen) atoms. The van der Waals surface area contributed by atoms with Crippen molar-refractivity contribution in [3.05, 3.63) is 89.7 Å². The lowest BCUT2D eigenvalue weighted by molar-refractivity contribution is -0.135. The fraction of sp³-hybridized carbons (Fsp3) is 0.375. The highest BCUT2D eigenvalue weighted by Crippen LogP contribution is 2.31. The van der Waals surface area contributed by atoms with Gasteiger partial charge in [0.15, 0.2) is 0 Å². The molecule has 3 aromatic rings. The number of hydrogen-bond acceptors (Lipinski definition) is 6. The molecule has 0 saturated carbocycles. The molecule has 0 aliphatic carbocycles. The maximum absolute atomic E-state index is 14.1. The van der Waals surface area contributed by atoms with Crippen LogP contribution in [0.2, 0.25) is 0 Å². The summed E-state index contributed by atoms with van der Waals surface area (Å²) >= 11 is 0. The van der Waals surface area contributed by atoms with E-state index in [9.17, 15) is 22.4 Å². The number of carbonyl (C=O) groups excluding carboxylic acids is 2. The summed E-state index contributed by atoms with van der Waals surface area (Å²) in [6, 6.07) is 18.9. The molecule has 1 heterocycles. The van der Waals surface area contributed by atoms with Crippen LogP contribution in [0.3, 0.4) is 0 Å². The maximum atomic E-state index is 14.1. The van der Waals surface area contributed by atoms with Gasteiger partial charge in [0.2, 0.25) is 15.9 Å². The van der Waals surface area contributed by atoms with E-state index in [1.54, 1.807) is 58.3 Å². The summed E-state index contributed by atoms with van der Waals surface area (Å²) in [5.74, 6) is -0.224. The molecule has 0 atom stereocenters. The van der Waals surface area contributed by atoms with Gasteiger partial charge in [-0.05, 0) is 61.2 Å². The molecule has 0 aromatic heterocycles. The standard InChI is InChI=1S/C32H38FN3O6S/c1-4-18-35(43(39,40)27-12-6-5-7-13-27)23-30(37)36(22-24-10-8-11-25(33)21-24)26-16-19-34(20-17-26)32(38)31-28(41-2)14-9-15-29(31)42-3/h5-15,21,26H,4,16-20,22-23H2,1-3H3. The molecule has 0 radical (unpaired) electrons. The number of carbonyl (C=O) groups is 2. The molecule has 2 amide bonds. The Morgan fingerprint density at radius 1 is 0.930 bits per heavy atom. The quantitative estimate of drug-likeness (QED) is 0.298.